The van der Waals surface area contributed by atoms with Crippen LogP contribution in [0, 0.1) is 11.3 Å². The zero-order valence-electron chi connectivity index (χ0n) is 12.4. The summed E-state index contributed by atoms with van der Waals surface area (Å²) in [5.41, 5.74) is 2.69. The first-order valence-electron chi connectivity index (χ1n) is 6.81. The van der Waals surface area contributed by atoms with Crippen molar-refractivity contribution >= 4 is 11.0 Å². The van der Waals surface area contributed by atoms with Crippen LogP contribution in [-0.2, 0) is 5.54 Å². The number of hydrogen-bond acceptors (Lipinski definition) is 2. The number of hydrogen-bond donors (Lipinski definition) is 0. The van der Waals surface area contributed by atoms with Gasteiger partial charge in [0.15, 0.2) is 0 Å². The lowest BCUT2D eigenvalue weighted by Crippen LogP contribution is -2.24. The molecule has 0 bridgehead atoms. The van der Waals surface area contributed by atoms with Crippen LogP contribution in [-0.4, -0.2) is 9.55 Å². The first-order valence-corrected chi connectivity index (χ1v) is 6.81. The summed E-state index contributed by atoms with van der Waals surface area (Å²) in [5, 5.41) is 9.00. The van der Waals surface area contributed by atoms with Crippen molar-refractivity contribution in [3.63, 3.8) is 0 Å². The van der Waals surface area contributed by atoms with Crippen LogP contribution in [0.25, 0.3) is 11.0 Å². The first-order chi connectivity index (χ1) is 8.88. The molecular formula is C16H21N3. The van der Waals surface area contributed by atoms with Gasteiger partial charge in [0.1, 0.15) is 5.82 Å². The zero-order valence-corrected chi connectivity index (χ0v) is 12.4. The van der Waals surface area contributed by atoms with Crippen molar-refractivity contribution in [1.82, 2.24) is 9.55 Å². The lowest BCUT2D eigenvalue weighted by atomic mass is 10.0. The molecule has 100 valence electrons. The standard InChI is InChI=1S/C16H21N3/c1-6-11(2)15-18-13-9-12(10-17)7-8-14(13)19(15)16(3,4)5/h7-9,11H,6H2,1-5H3. The third-order valence-corrected chi connectivity index (χ3v) is 3.53. The van der Waals surface area contributed by atoms with Gasteiger partial charge in [0, 0.05) is 11.5 Å². The number of aromatic nitrogens is 2. The molecule has 0 aliphatic rings. The van der Waals surface area contributed by atoms with Crippen LogP contribution >= 0.6 is 0 Å². The fourth-order valence-corrected chi connectivity index (χ4v) is 2.39. The van der Waals surface area contributed by atoms with Gasteiger partial charge >= 0.3 is 0 Å². The molecule has 0 saturated carbocycles. The second kappa shape index (κ2) is 4.70. The molecule has 0 aliphatic carbocycles. The number of nitriles is 1. The van der Waals surface area contributed by atoms with E-state index in [1.807, 2.05) is 18.2 Å². The van der Waals surface area contributed by atoms with E-state index in [2.05, 4.69) is 45.3 Å². The molecule has 0 spiro atoms. The fourth-order valence-electron chi connectivity index (χ4n) is 2.39. The SMILES string of the molecule is CCC(C)c1nc2cc(C#N)ccc2n1C(C)(C)C. The summed E-state index contributed by atoms with van der Waals surface area (Å²) >= 11 is 0. The van der Waals surface area contributed by atoms with Gasteiger partial charge in [-0.2, -0.15) is 5.26 Å². The Labute approximate surface area is 114 Å². The van der Waals surface area contributed by atoms with Crippen molar-refractivity contribution in [2.75, 3.05) is 0 Å². The monoisotopic (exact) mass is 255 g/mol. The van der Waals surface area contributed by atoms with Gasteiger partial charge in [-0.3, -0.25) is 0 Å². The summed E-state index contributed by atoms with van der Waals surface area (Å²) < 4.78 is 2.30. The van der Waals surface area contributed by atoms with Crippen LogP contribution in [0.3, 0.4) is 0 Å². The van der Waals surface area contributed by atoms with Crippen LogP contribution in [0.15, 0.2) is 18.2 Å². The van der Waals surface area contributed by atoms with Crippen molar-refractivity contribution in [1.29, 1.82) is 5.26 Å². The van der Waals surface area contributed by atoms with Gasteiger partial charge in [-0.05, 0) is 45.4 Å². The molecule has 2 aromatic rings. The Bertz CT molecular complexity index is 638. The Kier molecular flexibility index (Phi) is 3.36. The van der Waals surface area contributed by atoms with E-state index in [9.17, 15) is 0 Å². The molecule has 1 unspecified atom stereocenters. The number of rotatable bonds is 2. The number of benzene rings is 1. The Morgan fingerprint density at radius 2 is 2.05 bits per heavy atom. The second-order valence-electron chi connectivity index (χ2n) is 6.10. The van der Waals surface area contributed by atoms with Gasteiger partial charge in [0.2, 0.25) is 0 Å². The van der Waals surface area contributed by atoms with Crippen LogP contribution in [0.4, 0.5) is 0 Å². The predicted octanol–water partition coefficient (Wildman–Crippen LogP) is 4.18. The third-order valence-electron chi connectivity index (χ3n) is 3.53. The molecule has 2 rings (SSSR count). The highest BCUT2D eigenvalue weighted by atomic mass is 15.1. The van der Waals surface area contributed by atoms with Crippen molar-refractivity contribution in [2.24, 2.45) is 0 Å². The van der Waals surface area contributed by atoms with Gasteiger partial charge < -0.3 is 4.57 Å². The molecule has 3 nitrogen and oxygen atoms in total. The van der Waals surface area contributed by atoms with Crippen LogP contribution < -0.4 is 0 Å². The zero-order chi connectivity index (χ0) is 14.2. The predicted molar refractivity (Wildman–Crippen MR) is 78.2 cm³/mol. The molecular weight excluding hydrogens is 234 g/mol. The molecule has 0 N–H and O–H groups in total. The molecule has 3 heteroatoms. The van der Waals surface area contributed by atoms with E-state index in [4.69, 9.17) is 10.2 Å². The molecule has 1 aromatic carbocycles. The molecule has 1 atom stereocenters. The quantitative estimate of drug-likeness (QED) is 0.808. The maximum absolute atomic E-state index is 9.00. The summed E-state index contributed by atoms with van der Waals surface area (Å²) in [6.45, 7) is 11.0. The van der Waals surface area contributed by atoms with E-state index in [-0.39, 0.29) is 5.54 Å². The second-order valence-corrected chi connectivity index (χ2v) is 6.10. The van der Waals surface area contributed by atoms with E-state index in [1.54, 1.807) is 0 Å². The maximum atomic E-state index is 9.00. The Balaban J connectivity index is 2.77. The fraction of sp³-hybridized carbons (Fsp3) is 0.500. The molecule has 19 heavy (non-hydrogen) atoms. The highest BCUT2D eigenvalue weighted by Gasteiger charge is 2.23. The van der Waals surface area contributed by atoms with Crippen molar-refractivity contribution in [2.45, 2.75) is 52.5 Å². The summed E-state index contributed by atoms with van der Waals surface area (Å²) in [6, 6.07) is 7.94. The normalized spacial score (nSPS) is 13.5. The number of nitrogens with zero attached hydrogens (tertiary/aromatic N) is 3. The molecule has 0 radical (unpaired) electrons. The average Bonchev–Trinajstić information content (AvgIpc) is 2.75. The summed E-state index contributed by atoms with van der Waals surface area (Å²) in [7, 11) is 0. The van der Waals surface area contributed by atoms with E-state index in [1.165, 1.54) is 0 Å². The van der Waals surface area contributed by atoms with Gasteiger partial charge in [0.25, 0.3) is 0 Å². The highest BCUT2D eigenvalue weighted by Crippen LogP contribution is 2.30. The Morgan fingerprint density at radius 3 is 2.58 bits per heavy atom. The lowest BCUT2D eigenvalue weighted by molar-refractivity contribution is 0.384. The van der Waals surface area contributed by atoms with Crippen molar-refractivity contribution < 1.29 is 0 Å². The van der Waals surface area contributed by atoms with E-state index in [0.29, 0.717) is 11.5 Å². The van der Waals surface area contributed by atoms with Gasteiger partial charge in [-0.25, -0.2) is 4.98 Å². The topological polar surface area (TPSA) is 41.6 Å². The van der Waals surface area contributed by atoms with Crippen LogP contribution in [0.2, 0.25) is 0 Å². The summed E-state index contributed by atoms with van der Waals surface area (Å²) in [4.78, 5) is 4.77. The smallest absolute Gasteiger partial charge is 0.113 e. The first kappa shape index (κ1) is 13.6. The summed E-state index contributed by atoms with van der Waals surface area (Å²) in [5.74, 6) is 1.53. The van der Waals surface area contributed by atoms with Gasteiger partial charge in [-0.1, -0.05) is 13.8 Å². The van der Waals surface area contributed by atoms with Crippen LogP contribution in [0.5, 0.6) is 0 Å². The molecule has 1 aromatic heterocycles. The molecule has 0 aliphatic heterocycles. The van der Waals surface area contributed by atoms with Crippen molar-refractivity contribution in [3.05, 3.63) is 29.6 Å². The van der Waals surface area contributed by atoms with Crippen molar-refractivity contribution in [3.8, 4) is 6.07 Å². The molecule has 1 heterocycles. The Hall–Kier alpha value is -1.82. The molecule has 0 fully saturated rings. The average molecular weight is 255 g/mol. The minimum atomic E-state index is -0.0122. The molecule has 0 amide bonds. The largest absolute Gasteiger partial charge is 0.322 e. The lowest BCUT2D eigenvalue weighted by Gasteiger charge is -2.26. The minimum absolute atomic E-state index is 0.0122. The molecule has 0 saturated heterocycles. The number of fused-ring (bicyclic) bond motifs is 1. The number of imidazole rings is 1. The van der Waals surface area contributed by atoms with Gasteiger partial charge in [0.05, 0.1) is 22.7 Å². The summed E-state index contributed by atoms with van der Waals surface area (Å²) in [6.07, 6.45) is 1.06. The third kappa shape index (κ3) is 2.35. The maximum Gasteiger partial charge on any atom is 0.113 e. The van der Waals surface area contributed by atoms with E-state index < -0.39 is 0 Å². The van der Waals surface area contributed by atoms with Gasteiger partial charge in [-0.15, -0.1) is 0 Å². The van der Waals surface area contributed by atoms with E-state index >= 15 is 0 Å². The van der Waals surface area contributed by atoms with Crippen LogP contribution in [0.1, 0.15) is 58.3 Å². The van der Waals surface area contributed by atoms with E-state index in [0.717, 1.165) is 23.3 Å². The highest BCUT2D eigenvalue weighted by molar-refractivity contribution is 5.78. The Morgan fingerprint density at radius 1 is 1.37 bits per heavy atom. The minimum Gasteiger partial charge on any atom is -0.322 e.